The van der Waals surface area contributed by atoms with Crippen molar-refractivity contribution in [2.24, 2.45) is 0 Å². The number of carbonyl (C=O) groups is 2. The van der Waals surface area contributed by atoms with E-state index in [4.69, 9.17) is 27.9 Å². The molecule has 0 saturated carbocycles. The first-order valence-corrected chi connectivity index (χ1v) is 14.7. The minimum Gasteiger partial charge on any atom is -0.495 e. The second-order valence-electron chi connectivity index (χ2n) is 8.85. The lowest BCUT2D eigenvalue weighted by molar-refractivity contribution is -0.384. The van der Waals surface area contributed by atoms with Crippen molar-refractivity contribution in [3.05, 3.63) is 62.1 Å². The number of anilines is 1. The van der Waals surface area contributed by atoms with Crippen molar-refractivity contribution in [1.82, 2.24) is 10.2 Å². The van der Waals surface area contributed by atoms with E-state index < -0.39 is 45.0 Å². The maximum absolute atomic E-state index is 13.9. The average Bonchev–Trinajstić information content (AvgIpc) is 2.87. The molecule has 2 atom stereocenters. The highest BCUT2D eigenvalue weighted by Crippen LogP contribution is 2.34. The highest BCUT2D eigenvalue weighted by molar-refractivity contribution is 7.92. The molecule has 1 N–H and O–H groups in total. The summed E-state index contributed by atoms with van der Waals surface area (Å²) in [5, 5.41) is 14.8. The maximum Gasteiger partial charge on any atom is 0.271 e. The van der Waals surface area contributed by atoms with Gasteiger partial charge in [0.25, 0.3) is 5.69 Å². The topological polar surface area (TPSA) is 139 Å². The number of sulfonamides is 1. The third kappa shape index (κ3) is 8.20. The summed E-state index contributed by atoms with van der Waals surface area (Å²) in [7, 11) is -2.89. The Balaban J connectivity index is 2.62. The molecule has 0 saturated heterocycles. The van der Waals surface area contributed by atoms with E-state index in [1.165, 1.54) is 18.1 Å². The molecule has 0 aromatic heterocycles. The highest BCUT2D eigenvalue weighted by Gasteiger charge is 2.34. The summed E-state index contributed by atoms with van der Waals surface area (Å²) in [6, 6.07) is 7.04. The Morgan fingerprint density at radius 3 is 2.23 bits per heavy atom. The van der Waals surface area contributed by atoms with Crippen LogP contribution in [0.4, 0.5) is 11.4 Å². The second kappa shape index (κ2) is 13.8. The van der Waals surface area contributed by atoms with Crippen molar-refractivity contribution in [3.8, 4) is 5.75 Å². The van der Waals surface area contributed by atoms with E-state index in [9.17, 15) is 28.1 Å². The number of methoxy groups -OCH3 is 1. The molecule has 0 bridgehead atoms. The van der Waals surface area contributed by atoms with Gasteiger partial charge in [-0.2, -0.15) is 0 Å². The lowest BCUT2D eigenvalue weighted by atomic mass is 10.1. The van der Waals surface area contributed by atoms with Crippen LogP contribution in [-0.4, -0.2) is 62.0 Å². The van der Waals surface area contributed by atoms with E-state index in [0.29, 0.717) is 16.3 Å². The molecule has 39 heavy (non-hydrogen) atoms. The number of hydrogen-bond acceptors (Lipinski definition) is 7. The van der Waals surface area contributed by atoms with E-state index in [1.807, 2.05) is 13.8 Å². The number of nitro groups is 1. The zero-order valence-corrected chi connectivity index (χ0v) is 24.6. The molecule has 2 rings (SSSR count). The van der Waals surface area contributed by atoms with E-state index in [-0.39, 0.29) is 40.5 Å². The van der Waals surface area contributed by atoms with Gasteiger partial charge in [0.05, 0.1) is 18.3 Å². The Morgan fingerprint density at radius 1 is 1.13 bits per heavy atom. The number of ether oxygens (including phenoxy) is 1. The minimum absolute atomic E-state index is 0.000999. The summed E-state index contributed by atoms with van der Waals surface area (Å²) < 4.78 is 31.7. The standard InChI is InChI=1S/C25H32Cl2N4O7S/c1-6-16(3)28-25(33)21(7-2)29(14-18-19(26)9-8-10-20(18)27)24(32)15-30(39(5,36)37)22-13-17(31(34)35)11-12-23(22)38-4/h8-13,16,21H,6-7,14-15H2,1-5H3,(H,28,33)/t16-,21-/m0/s1. The van der Waals surface area contributed by atoms with Gasteiger partial charge in [-0.3, -0.25) is 24.0 Å². The third-order valence-electron chi connectivity index (χ3n) is 6.10. The van der Waals surface area contributed by atoms with Crippen LogP contribution in [0.25, 0.3) is 0 Å². The molecule has 11 nitrogen and oxygen atoms in total. The number of carbonyl (C=O) groups excluding carboxylic acids is 2. The van der Waals surface area contributed by atoms with Crippen molar-refractivity contribution in [2.75, 3.05) is 24.2 Å². The molecular formula is C25H32Cl2N4O7S. The lowest BCUT2D eigenvalue weighted by Crippen LogP contribution is -2.53. The first-order chi connectivity index (χ1) is 18.2. The number of non-ortho nitro benzene ring substituents is 1. The van der Waals surface area contributed by atoms with Crippen molar-refractivity contribution < 1.29 is 27.7 Å². The fraction of sp³-hybridized carbons (Fsp3) is 0.440. The van der Waals surface area contributed by atoms with Gasteiger partial charge in [0.15, 0.2) is 0 Å². The molecule has 14 heteroatoms. The first kappa shape index (κ1) is 32.1. The molecule has 0 unspecified atom stereocenters. The van der Waals surface area contributed by atoms with Gasteiger partial charge in [0.1, 0.15) is 24.0 Å². The molecule has 0 heterocycles. The lowest BCUT2D eigenvalue weighted by Gasteiger charge is -2.34. The van der Waals surface area contributed by atoms with Crippen LogP contribution in [0.2, 0.25) is 10.0 Å². The largest absolute Gasteiger partial charge is 0.495 e. The number of hydrogen-bond donors (Lipinski definition) is 1. The summed E-state index contributed by atoms with van der Waals surface area (Å²) in [5.74, 6) is -1.18. The van der Waals surface area contributed by atoms with Crippen molar-refractivity contribution in [2.45, 2.75) is 52.2 Å². The van der Waals surface area contributed by atoms with Crippen molar-refractivity contribution in [3.63, 3.8) is 0 Å². The monoisotopic (exact) mass is 602 g/mol. The maximum atomic E-state index is 13.9. The summed E-state index contributed by atoms with van der Waals surface area (Å²) in [4.78, 5) is 39.0. The van der Waals surface area contributed by atoms with Gasteiger partial charge >= 0.3 is 0 Å². The Morgan fingerprint density at radius 2 is 1.74 bits per heavy atom. The van der Waals surface area contributed by atoms with Gasteiger partial charge in [-0.15, -0.1) is 0 Å². The average molecular weight is 604 g/mol. The molecule has 214 valence electrons. The summed E-state index contributed by atoms with van der Waals surface area (Å²) in [6.07, 6.45) is 1.72. The normalized spacial score (nSPS) is 12.8. The number of nitrogens with zero attached hydrogens (tertiary/aromatic N) is 3. The molecular weight excluding hydrogens is 571 g/mol. The molecule has 0 radical (unpaired) electrons. The number of rotatable bonds is 13. The van der Waals surface area contributed by atoms with Crippen molar-refractivity contribution >= 4 is 56.4 Å². The second-order valence-corrected chi connectivity index (χ2v) is 11.6. The van der Waals surface area contributed by atoms with Crippen LogP contribution in [0.15, 0.2) is 36.4 Å². The number of nitro benzene ring substituents is 1. The summed E-state index contributed by atoms with van der Waals surface area (Å²) in [5.41, 5.74) is -0.218. The third-order valence-corrected chi connectivity index (χ3v) is 7.93. The molecule has 2 aromatic carbocycles. The van der Waals surface area contributed by atoms with E-state index in [2.05, 4.69) is 5.32 Å². The molecule has 0 aliphatic rings. The number of nitrogens with one attached hydrogen (secondary N) is 1. The molecule has 2 aromatic rings. The van der Waals surface area contributed by atoms with Crippen LogP contribution >= 0.6 is 23.2 Å². The van der Waals surface area contributed by atoms with Gasteiger partial charge in [0, 0.05) is 40.3 Å². The molecule has 0 fully saturated rings. The van der Waals surface area contributed by atoms with Gasteiger partial charge in [-0.05, 0) is 38.0 Å². The predicted molar refractivity (Wildman–Crippen MR) is 151 cm³/mol. The van der Waals surface area contributed by atoms with Crippen LogP contribution in [-0.2, 0) is 26.2 Å². The smallest absolute Gasteiger partial charge is 0.271 e. The number of amides is 2. The Kier molecular flexibility index (Phi) is 11.4. The molecule has 0 aliphatic heterocycles. The quantitative estimate of drug-likeness (QED) is 0.265. The van der Waals surface area contributed by atoms with E-state index >= 15 is 0 Å². The highest BCUT2D eigenvalue weighted by atomic mass is 35.5. The molecule has 2 amide bonds. The van der Waals surface area contributed by atoms with Gasteiger partial charge < -0.3 is 15.0 Å². The Labute approximate surface area is 238 Å². The minimum atomic E-state index is -4.16. The predicted octanol–water partition coefficient (Wildman–Crippen LogP) is 4.40. The van der Waals surface area contributed by atoms with Crippen LogP contribution in [0.3, 0.4) is 0 Å². The van der Waals surface area contributed by atoms with E-state index in [0.717, 1.165) is 18.4 Å². The van der Waals surface area contributed by atoms with Crippen LogP contribution in [0.1, 0.15) is 39.2 Å². The SMILES string of the molecule is CC[C@H](C)NC(=O)[C@H](CC)N(Cc1c(Cl)cccc1Cl)C(=O)CN(c1cc([N+](=O)[O-])ccc1OC)S(C)(=O)=O. The fourth-order valence-electron chi connectivity index (χ4n) is 3.80. The zero-order chi connectivity index (χ0) is 29.5. The van der Waals surface area contributed by atoms with Gasteiger partial charge in [0.2, 0.25) is 21.8 Å². The van der Waals surface area contributed by atoms with Crippen LogP contribution < -0.4 is 14.4 Å². The van der Waals surface area contributed by atoms with Crippen molar-refractivity contribution in [1.29, 1.82) is 0 Å². The van der Waals surface area contributed by atoms with E-state index in [1.54, 1.807) is 25.1 Å². The molecule has 0 aliphatic carbocycles. The van der Waals surface area contributed by atoms with Gasteiger partial charge in [-0.1, -0.05) is 43.1 Å². The number of benzene rings is 2. The molecule has 0 spiro atoms. The Hall–Kier alpha value is -3.09. The first-order valence-electron chi connectivity index (χ1n) is 12.1. The Bertz CT molecular complexity index is 1300. The number of halogens is 2. The summed E-state index contributed by atoms with van der Waals surface area (Å²) in [6.45, 7) is 4.47. The summed E-state index contributed by atoms with van der Waals surface area (Å²) >= 11 is 12.7. The van der Waals surface area contributed by atoms with Crippen LogP contribution in [0, 0.1) is 10.1 Å². The van der Waals surface area contributed by atoms with Gasteiger partial charge in [-0.25, -0.2) is 8.42 Å². The van der Waals surface area contributed by atoms with Crippen LogP contribution in [0.5, 0.6) is 5.75 Å². The zero-order valence-electron chi connectivity index (χ0n) is 22.3. The fourth-order valence-corrected chi connectivity index (χ4v) is 5.16.